The largest absolute Gasteiger partial charge is 0.496 e. The van der Waals surface area contributed by atoms with Gasteiger partial charge in [0.2, 0.25) is 0 Å². The minimum absolute atomic E-state index is 0.0505. The third-order valence-corrected chi connectivity index (χ3v) is 3.18. The Labute approximate surface area is 122 Å². The number of ether oxygens (including phenoxy) is 1. The Morgan fingerprint density at radius 1 is 1.48 bits per heavy atom. The molecule has 0 aliphatic rings. The summed E-state index contributed by atoms with van der Waals surface area (Å²) < 4.78 is 6.99. The maximum absolute atomic E-state index is 10.9. The van der Waals surface area contributed by atoms with Gasteiger partial charge in [0.15, 0.2) is 0 Å². The van der Waals surface area contributed by atoms with Crippen molar-refractivity contribution in [3.05, 3.63) is 45.8 Å². The van der Waals surface area contributed by atoms with Crippen molar-refractivity contribution >= 4 is 11.4 Å². The van der Waals surface area contributed by atoms with Gasteiger partial charge in [-0.1, -0.05) is 6.92 Å². The van der Waals surface area contributed by atoms with Gasteiger partial charge in [0, 0.05) is 37.5 Å². The van der Waals surface area contributed by atoms with Crippen molar-refractivity contribution < 1.29 is 9.66 Å². The van der Waals surface area contributed by atoms with Crippen molar-refractivity contribution in [3.8, 4) is 5.75 Å². The summed E-state index contributed by atoms with van der Waals surface area (Å²) in [5.41, 5.74) is 2.67. The number of anilines is 1. The van der Waals surface area contributed by atoms with E-state index in [0.717, 1.165) is 23.4 Å². The first-order valence-electron chi connectivity index (χ1n) is 6.62. The SMILES string of the molecule is CCc1nn(C)cc1NCc1cc([N+](=O)[O-])ccc1OC. The van der Waals surface area contributed by atoms with E-state index in [9.17, 15) is 10.1 Å². The fourth-order valence-electron chi connectivity index (χ4n) is 2.15. The molecule has 0 aliphatic carbocycles. The fourth-order valence-corrected chi connectivity index (χ4v) is 2.15. The number of methoxy groups -OCH3 is 1. The lowest BCUT2D eigenvalue weighted by atomic mass is 10.1. The second-order valence-electron chi connectivity index (χ2n) is 4.62. The van der Waals surface area contributed by atoms with E-state index >= 15 is 0 Å². The van der Waals surface area contributed by atoms with E-state index in [1.165, 1.54) is 12.1 Å². The summed E-state index contributed by atoms with van der Waals surface area (Å²) >= 11 is 0. The number of aromatic nitrogens is 2. The Morgan fingerprint density at radius 2 is 2.24 bits per heavy atom. The fraction of sp³-hybridized carbons (Fsp3) is 0.357. The van der Waals surface area contributed by atoms with Crippen LogP contribution in [0.2, 0.25) is 0 Å². The molecule has 0 fully saturated rings. The number of nitrogens with one attached hydrogen (secondary N) is 1. The van der Waals surface area contributed by atoms with Crippen molar-refractivity contribution in [3.63, 3.8) is 0 Å². The highest BCUT2D eigenvalue weighted by molar-refractivity contribution is 5.50. The lowest BCUT2D eigenvalue weighted by molar-refractivity contribution is -0.384. The number of aryl methyl sites for hydroxylation is 2. The first-order valence-corrected chi connectivity index (χ1v) is 6.62. The molecule has 0 radical (unpaired) electrons. The van der Waals surface area contributed by atoms with Crippen LogP contribution in [0.3, 0.4) is 0 Å². The van der Waals surface area contributed by atoms with Crippen molar-refractivity contribution in [2.75, 3.05) is 12.4 Å². The standard InChI is InChI=1S/C14H18N4O3/c1-4-12-13(9-17(2)16-12)15-8-10-7-11(18(19)20)5-6-14(10)21-3/h5-7,9,15H,4,8H2,1-3H3. The molecule has 0 bridgehead atoms. The Balaban J connectivity index is 2.22. The van der Waals surface area contributed by atoms with Crippen molar-refractivity contribution in [1.29, 1.82) is 0 Å². The molecule has 0 amide bonds. The molecule has 1 heterocycles. The van der Waals surface area contributed by atoms with Gasteiger partial charge in [0.25, 0.3) is 5.69 Å². The average Bonchev–Trinajstić information content (AvgIpc) is 2.84. The summed E-state index contributed by atoms with van der Waals surface area (Å²) in [6.45, 7) is 2.46. The first-order chi connectivity index (χ1) is 10.0. The van der Waals surface area contributed by atoms with Crippen LogP contribution in [0.5, 0.6) is 5.75 Å². The molecule has 112 valence electrons. The third kappa shape index (κ3) is 3.31. The third-order valence-electron chi connectivity index (χ3n) is 3.18. The van der Waals surface area contributed by atoms with Crippen molar-refractivity contribution in [1.82, 2.24) is 9.78 Å². The molecule has 21 heavy (non-hydrogen) atoms. The summed E-state index contributed by atoms with van der Waals surface area (Å²) in [6, 6.07) is 4.57. The maximum Gasteiger partial charge on any atom is 0.270 e. The van der Waals surface area contributed by atoms with Crippen molar-refractivity contribution in [2.24, 2.45) is 7.05 Å². The zero-order valence-corrected chi connectivity index (χ0v) is 12.3. The van der Waals surface area contributed by atoms with E-state index in [2.05, 4.69) is 10.4 Å². The molecule has 0 saturated carbocycles. The van der Waals surface area contributed by atoms with Crippen LogP contribution >= 0.6 is 0 Å². The van der Waals surface area contributed by atoms with Gasteiger partial charge in [-0.25, -0.2) is 0 Å². The van der Waals surface area contributed by atoms with Gasteiger partial charge in [-0.3, -0.25) is 14.8 Å². The van der Waals surface area contributed by atoms with Gasteiger partial charge < -0.3 is 10.1 Å². The van der Waals surface area contributed by atoms with Crippen LogP contribution < -0.4 is 10.1 Å². The quantitative estimate of drug-likeness (QED) is 0.653. The number of nitrogens with zero attached hydrogens (tertiary/aromatic N) is 3. The second-order valence-corrected chi connectivity index (χ2v) is 4.62. The van der Waals surface area contributed by atoms with E-state index in [0.29, 0.717) is 12.3 Å². The number of benzene rings is 1. The second kappa shape index (κ2) is 6.25. The molecule has 2 rings (SSSR count). The van der Waals surface area contributed by atoms with Crippen LogP contribution in [0.1, 0.15) is 18.2 Å². The Bertz CT molecular complexity index is 652. The topological polar surface area (TPSA) is 82.2 Å². The smallest absolute Gasteiger partial charge is 0.270 e. The normalized spacial score (nSPS) is 10.4. The highest BCUT2D eigenvalue weighted by Crippen LogP contribution is 2.25. The van der Waals surface area contributed by atoms with Crippen LogP contribution in [0.15, 0.2) is 24.4 Å². The molecule has 7 nitrogen and oxygen atoms in total. The van der Waals surface area contributed by atoms with Gasteiger partial charge in [-0.2, -0.15) is 5.10 Å². The highest BCUT2D eigenvalue weighted by atomic mass is 16.6. The average molecular weight is 290 g/mol. The zero-order chi connectivity index (χ0) is 15.4. The van der Waals surface area contributed by atoms with Gasteiger partial charge in [0.05, 0.1) is 23.4 Å². The zero-order valence-electron chi connectivity index (χ0n) is 12.3. The lowest BCUT2D eigenvalue weighted by Crippen LogP contribution is -2.03. The Hall–Kier alpha value is -2.57. The predicted octanol–water partition coefficient (Wildman–Crippen LogP) is 2.51. The Kier molecular flexibility index (Phi) is 4.42. The number of hydrogen-bond donors (Lipinski definition) is 1. The molecule has 0 unspecified atom stereocenters. The molecule has 0 aliphatic heterocycles. The molecule has 0 saturated heterocycles. The summed E-state index contributed by atoms with van der Waals surface area (Å²) in [6.07, 6.45) is 2.71. The van der Waals surface area contributed by atoms with Gasteiger partial charge >= 0.3 is 0 Å². The molecule has 7 heteroatoms. The number of nitro groups is 1. The van der Waals surface area contributed by atoms with Gasteiger partial charge in [-0.05, 0) is 12.5 Å². The molecular weight excluding hydrogens is 272 g/mol. The van der Waals surface area contributed by atoms with Crippen molar-refractivity contribution in [2.45, 2.75) is 19.9 Å². The summed E-state index contributed by atoms with van der Waals surface area (Å²) in [5.74, 6) is 0.620. The van der Waals surface area contributed by atoms with Crippen LogP contribution in [0.25, 0.3) is 0 Å². The predicted molar refractivity (Wildman–Crippen MR) is 79.6 cm³/mol. The number of rotatable bonds is 6. The molecule has 1 aromatic heterocycles. The van der Waals surface area contributed by atoms with Crippen LogP contribution in [-0.2, 0) is 20.0 Å². The number of hydrogen-bond acceptors (Lipinski definition) is 5. The molecule has 0 atom stereocenters. The van der Waals surface area contributed by atoms with E-state index in [-0.39, 0.29) is 5.69 Å². The Morgan fingerprint density at radius 3 is 2.86 bits per heavy atom. The minimum atomic E-state index is -0.412. The van der Waals surface area contributed by atoms with E-state index in [1.54, 1.807) is 17.9 Å². The number of non-ortho nitro benzene ring substituents is 1. The highest BCUT2D eigenvalue weighted by Gasteiger charge is 2.12. The van der Waals surface area contributed by atoms with E-state index in [4.69, 9.17) is 4.74 Å². The van der Waals surface area contributed by atoms with E-state index < -0.39 is 4.92 Å². The maximum atomic E-state index is 10.9. The monoisotopic (exact) mass is 290 g/mol. The van der Waals surface area contributed by atoms with Crippen LogP contribution in [-0.4, -0.2) is 21.8 Å². The summed E-state index contributed by atoms with van der Waals surface area (Å²) in [4.78, 5) is 10.4. The molecule has 1 N–H and O–H groups in total. The van der Waals surface area contributed by atoms with Crippen LogP contribution in [0.4, 0.5) is 11.4 Å². The summed E-state index contributed by atoms with van der Waals surface area (Å²) in [7, 11) is 3.41. The van der Waals surface area contributed by atoms with Gasteiger partial charge in [-0.15, -0.1) is 0 Å². The molecule has 1 aromatic carbocycles. The minimum Gasteiger partial charge on any atom is -0.496 e. The van der Waals surface area contributed by atoms with E-state index in [1.807, 2.05) is 20.2 Å². The molecule has 2 aromatic rings. The molecular formula is C14H18N4O3. The van der Waals surface area contributed by atoms with Gasteiger partial charge in [0.1, 0.15) is 5.75 Å². The molecule has 0 spiro atoms. The number of nitro benzene ring substituents is 1. The lowest BCUT2D eigenvalue weighted by Gasteiger charge is -2.10. The van der Waals surface area contributed by atoms with Crippen LogP contribution in [0, 0.1) is 10.1 Å². The summed E-state index contributed by atoms with van der Waals surface area (Å²) in [5, 5.41) is 18.5. The first kappa shape index (κ1) is 14.8.